The first kappa shape index (κ1) is 19.3. The van der Waals surface area contributed by atoms with Gasteiger partial charge in [-0.05, 0) is 17.5 Å². The highest BCUT2D eigenvalue weighted by atomic mass is 31.2. The topological polar surface area (TPSA) is 87.1 Å². The van der Waals surface area contributed by atoms with Crippen LogP contribution in [0, 0.1) is 0 Å². The minimum Gasteiger partial charge on any atom is -0.324 e. The Kier molecular flexibility index (Phi) is 6.91. The molecule has 2 aromatic rings. The van der Waals surface area contributed by atoms with Crippen LogP contribution in [0.25, 0.3) is 0 Å². The van der Waals surface area contributed by atoms with Gasteiger partial charge in [0.1, 0.15) is 6.61 Å². The maximum absolute atomic E-state index is 11.8. The Labute approximate surface area is 147 Å². The number of hydrogen-bond donors (Lipinski definition) is 2. The van der Waals surface area contributed by atoms with Crippen LogP contribution in [0.4, 0.5) is 0 Å². The van der Waals surface area contributed by atoms with Gasteiger partial charge in [-0.3, -0.25) is 14.2 Å². The Morgan fingerprint density at radius 2 is 1.64 bits per heavy atom. The standard InChI is InChI=1S/C18H22NO5P/c1-15(20)19(24-14-16-8-4-2-5-9-16)13-12-18(25(21,22)23)17-10-6-3-7-11-17/h2-11,18H,12-14H2,1H3,(H2,21,22,23)/t18-/m1/s1. The fourth-order valence-corrected chi connectivity index (χ4v) is 3.50. The van der Waals surface area contributed by atoms with Crippen LogP contribution in [0.1, 0.15) is 30.1 Å². The second kappa shape index (κ2) is 8.92. The van der Waals surface area contributed by atoms with Crippen molar-refractivity contribution in [3.63, 3.8) is 0 Å². The molecule has 0 radical (unpaired) electrons. The van der Waals surface area contributed by atoms with E-state index in [9.17, 15) is 19.1 Å². The molecule has 0 saturated heterocycles. The maximum atomic E-state index is 11.8. The van der Waals surface area contributed by atoms with Gasteiger partial charge in [-0.1, -0.05) is 60.7 Å². The van der Waals surface area contributed by atoms with Crippen LogP contribution in [0.5, 0.6) is 0 Å². The lowest BCUT2D eigenvalue weighted by molar-refractivity contribution is -0.189. The van der Waals surface area contributed by atoms with Crippen molar-refractivity contribution in [2.45, 2.75) is 25.6 Å². The zero-order valence-electron chi connectivity index (χ0n) is 14.0. The summed E-state index contributed by atoms with van der Waals surface area (Å²) in [4.78, 5) is 36.6. The fourth-order valence-electron chi connectivity index (χ4n) is 2.48. The van der Waals surface area contributed by atoms with Crippen LogP contribution in [-0.2, 0) is 20.8 Å². The van der Waals surface area contributed by atoms with Gasteiger partial charge in [-0.2, -0.15) is 0 Å². The number of nitrogens with zero attached hydrogens (tertiary/aromatic N) is 1. The number of benzene rings is 2. The van der Waals surface area contributed by atoms with E-state index in [1.807, 2.05) is 30.3 Å². The third kappa shape index (κ3) is 6.11. The SMILES string of the molecule is CC(=O)N(CC[C@H](c1ccccc1)P(=O)(O)O)OCc1ccccc1. The third-order valence-corrected chi connectivity index (χ3v) is 5.15. The van der Waals surface area contributed by atoms with E-state index >= 15 is 0 Å². The molecule has 1 atom stereocenters. The molecule has 0 spiro atoms. The van der Waals surface area contributed by atoms with E-state index in [0.29, 0.717) is 5.56 Å². The maximum Gasteiger partial charge on any atom is 0.333 e. The molecule has 134 valence electrons. The molecule has 0 aliphatic rings. The van der Waals surface area contributed by atoms with Crippen LogP contribution in [0.3, 0.4) is 0 Å². The molecule has 6 nitrogen and oxygen atoms in total. The summed E-state index contributed by atoms with van der Waals surface area (Å²) < 4.78 is 11.8. The molecule has 2 N–H and O–H groups in total. The van der Waals surface area contributed by atoms with E-state index in [-0.39, 0.29) is 25.5 Å². The summed E-state index contributed by atoms with van der Waals surface area (Å²) in [6.07, 6.45) is 0.0999. The van der Waals surface area contributed by atoms with E-state index in [1.54, 1.807) is 30.3 Å². The van der Waals surface area contributed by atoms with Crippen molar-refractivity contribution >= 4 is 13.5 Å². The van der Waals surface area contributed by atoms with E-state index < -0.39 is 13.3 Å². The Hall–Kier alpha value is -1.98. The molecule has 0 saturated carbocycles. The van der Waals surface area contributed by atoms with Crippen molar-refractivity contribution in [3.05, 3.63) is 71.8 Å². The summed E-state index contributed by atoms with van der Waals surface area (Å²) in [5.41, 5.74) is 0.474. The number of amides is 1. The molecule has 2 rings (SSSR count). The van der Waals surface area contributed by atoms with Gasteiger partial charge in [0.05, 0.1) is 5.66 Å². The fraction of sp³-hybridized carbons (Fsp3) is 0.278. The van der Waals surface area contributed by atoms with Gasteiger partial charge in [-0.15, -0.1) is 0 Å². The number of hydroxylamine groups is 2. The average molecular weight is 363 g/mol. The summed E-state index contributed by atoms with van der Waals surface area (Å²) in [6.45, 7) is 1.67. The summed E-state index contributed by atoms with van der Waals surface area (Å²) in [7, 11) is -4.35. The molecule has 0 fully saturated rings. The van der Waals surface area contributed by atoms with Gasteiger partial charge in [-0.25, -0.2) is 5.06 Å². The Balaban J connectivity index is 2.02. The number of carbonyl (C=O) groups excluding carboxylic acids is 1. The smallest absolute Gasteiger partial charge is 0.324 e. The Bertz CT molecular complexity index is 717. The molecule has 7 heteroatoms. The zero-order valence-corrected chi connectivity index (χ0v) is 14.9. The molecule has 0 aliphatic carbocycles. The molecule has 1 amide bonds. The molecule has 0 aliphatic heterocycles. The summed E-state index contributed by atoms with van der Waals surface area (Å²) in [5, 5.41) is 1.15. The summed E-state index contributed by atoms with van der Waals surface area (Å²) in [5.74, 6) is -0.312. The molecule has 0 heterocycles. The van der Waals surface area contributed by atoms with Crippen molar-refractivity contribution in [1.29, 1.82) is 0 Å². The van der Waals surface area contributed by atoms with Gasteiger partial charge in [0.15, 0.2) is 0 Å². The monoisotopic (exact) mass is 363 g/mol. The highest BCUT2D eigenvalue weighted by Gasteiger charge is 2.31. The lowest BCUT2D eigenvalue weighted by atomic mass is 10.1. The molecule has 0 bridgehead atoms. The first-order valence-electron chi connectivity index (χ1n) is 7.93. The van der Waals surface area contributed by atoms with Crippen LogP contribution in [0.2, 0.25) is 0 Å². The lowest BCUT2D eigenvalue weighted by Crippen LogP contribution is -2.30. The third-order valence-electron chi connectivity index (χ3n) is 3.78. The van der Waals surface area contributed by atoms with Crippen molar-refractivity contribution in [2.75, 3.05) is 6.54 Å². The van der Waals surface area contributed by atoms with Crippen LogP contribution >= 0.6 is 7.60 Å². The predicted octanol–water partition coefficient (Wildman–Crippen LogP) is 3.28. The second-order valence-corrected chi connectivity index (χ2v) is 7.49. The Morgan fingerprint density at radius 3 is 2.16 bits per heavy atom. The van der Waals surface area contributed by atoms with Crippen molar-refractivity contribution < 1.29 is 24.0 Å². The number of carbonyl (C=O) groups is 1. The molecular weight excluding hydrogens is 341 g/mol. The summed E-state index contributed by atoms with van der Waals surface area (Å²) >= 11 is 0. The van der Waals surface area contributed by atoms with Gasteiger partial charge in [0, 0.05) is 13.5 Å². The number of rotatable bonds is 8. The van der Waals surface area contributed by atoms with E-state index in [4.69, 9.17) is 4.84 Å². The van der Waals surface area contributed by atoms with Gasteiger partial charge in [0.25, 0.3) is 0 Å². The number of hydrogen-bond acceptors (Lipinski definition) is 3. The molecule has 2 aromatic carbocycles. The lowest BCUT2D eigenvalue weighted by Gasteiger charge is -2.24. The highest BCUT2D eigenvalue weighted by Crippen LogP contribution is 2.53. The molecule has 0 unspecified atom stereocenters. The van der Waals surface area contributed by atoms with Gasteiger partial charge < -0.3 is 9.79 Å². The second-order valence-electron chi connectivity index (χ2n) is 5.68. The van der Waals surface area contributed by atoms with E-state index in [2.05, 4.69) is 0 Å². The quantitative estimate of drug-likeness (QED) is 0.555. The molecular formula is C18H22NO5P. The molecule has 0 aromatic heterocycles. The van der Waals surface area contributed by atoms with Crippen LogP contribution in [0.15, 0.2) is 60.7 Å². The molecule has 25 heavy (non-hydrogen) atoms. The first-order valence-corrected chi connectivity index (χ1v) is 9.61. The summed E-state index contributed by atoms with van der Waals surface area (Å²) in [6, 6.07) is 18.0. The highest BCUT2D eigenvalue weighted by molar-refractivity contribution is 7.52. The zero-order chi connectivity index (χ0) is 18.3. The average Bonchev–Trinajstić information content (AvgIpc) is 2.58. The predicted molar refractivity (Wildman–Crippen MR) is 94.5 cm³/mol. The van der Waals surface area contributed by atoms with Crippen molar-refractivity contribution in [2.24, 2.45) is 0 Å². The minimum absolute atomic E-state index is 0.0901. The first-order chi connectivity index (χ1) is 11.9. The minimum atomic E-state index is -4.35. The van der Waals surface area contributed by atoms with E-state index in [1.165, 1.54) is 6.92 Å². The largest absolute Gasteiger partial charge is 0.333 e. The van der Waals surface area contributed by atoms with Crippen molar-refractivity contribution in [1.82, 2.24) is 5.06 Å². The van der Waals surface area contributed by atoms with Crippen LogP contribution < -0.4 is 0 Å². The van der Waals surface area contributed by atoms with Gasteiger partial charge in [0.2, 0.25) is 5.91 Å². The van der Waals surface area contributed by atoms with Crippen molar-refractivity contribution in [3.8, 4) is 0 Å². The van der Waals surface area contributed by atoms with E-state index in [0.717, 1.165) is 10.6 Å². The Morgan fingerprint density at radius 1 is 1.08 bits per heavy atom. The normalized spacial score (nSPS) is 12.6. The van der Waals surface area contributed by atoms with Crippen LogP contribution in [-0.4, -0.2) is 27.3 Å². The van der Waals surface area contributed by atoms with Gasteiger partial charge >= 0.3 is 7.60 Å².